The summed E-state index contributed by atoms with van der Waals surface area (Å²) in [7, 11) is 5.54. The summed E-state index contributed by atoms with van der Waals surface area (Å²) in [4.78, 5) is 36.4. The maximum absolute atomic E-state index is 14.0. The molecule has 1 aromatic heterocycles. The summed E-state index contributed by atoms with van der Waals surface area (Å²) < 4.78 is 6.05. The Morgan fingerprint density at radius 2 is 1.70 bits per heavy atom. The minimum Gasteiger partial charge on any atom is -0.396 e. The number of carbonyl (C=O) groups excluding carboxylic acids is 2. The van der Waals surface area contributed by atoms with Crippen LogP contribution in [-0.2, 0) is 20.7 Å². The van der Waals surface area contributed by atoms with Crippen LogP contribution in [0.15, 0.2) is 41.9 Å². The number of aromatic nitrogens is 1. The molecule has 1 fully saturated rings. The second-order valence-electron chi connectivity index (χ2n) is 16.5. The lowest BCUT2D eigenvalue weighted by Crippen LogP contribution is -2.54. The third-order valence-corrected chi connectivity index (χ3v) is 12.7. The molecule has 0 saturated carbocycles. The molecule has 1 aliphatic heterocycles. The molecule has 0 aliphatic carbocycles. The van der Waals surface area contributed by atoms with Gasteiger partial charge < -0.3 is 35.6 Å². The van der Waals surface area contributed by atoms with Crippen LogP contribution in [0.25, 0.3) is 0 Å². The van der Waals surface area contributed by atoms with Crippen molar-refractivity contribution in [3.8, 4) is 0 Å². The van der Waals surface area contributed by atoms with Crippen molar-refractivity contribution >= 4 is 23.2 Å². The Kier molecular flexibility index (Phi) is 19.0. The molecule has 1 saturated heterocycles. The third-order valence-electron chi connectivity index (χ3n) is 11.9. The molecule has 54 heavy (non-hydrogen) atoms. The van der Waals surface area contributed by atoms with Gasteiger partial charge in [-0.15, -0.1) is 11.3 Å². The number of hydrogen-bond acceptors (Lipinski definition) is 10. The third kappa shape index (κ3) is 12.5. The smallest absolute Gasteiger partial charge is 0.223 e. The molecular formula is C42H71N5O6S. The molecule has 2 amide bonds. The molecule has 11 nitrogen and oxygen atoms in total. The van der Waals surface area contributed by atoms with Crippen molar-refractivity contribution in [3.63, 3.8) is 0 Å². The molecular weight excluding hydrogens is 703 g/mol. The minimum atomic E-state index is -0.911. The zero-order valence-corrected chi connectivity index (χ0v) is 35.3. The van der Waals surface area contributed by atoms with E-state index in [-0.39, 0.29) is 66.8 Å². The molecule has 4 unspecified atom stereocenters. The molecule has 2 aromatic rings. The second-order valence-corrected chi connectivity index (χ2v) is 17.4. The number of thiazole rings is 1. The standard InChI is InChI=1S/C42H71N5O6S/c1-11-28(6)38(45-41(52)31(26(2)3)23-35(49)39(27(4)5)46(8)9)36(53-10)24-37(50)47-20-15-18-34(47)32(25-48)29(7)40(51)44-33(42-43-19-21-54-42)22-30-16-13-12-14-17-30/h12-14,16-17,19,21,26-29,31-39,48-50H,11,15,18,20,22-25H2,1-10H3,(H,44,51)(H,45,52)/t28-,29-,31-,32+,33-,34-,35?,36+,37?,38?,39?/m0/s1. The van der Waals surface area contributed by atoms with Crippen LogP contribution >= 0.6 is 11.3 Å². The highest BCUT2D eigenvalue weighted by Gasteiger charge is 2.42. The second kappa shape index (κ2) is 22.3. The maximum Gasteiger partial charge on any atom is 0.223 e. The number of nitrogens with one attached hydrogen (secondary N) is 2. The number of rotatable bonds is 23. The largest absolute Gasteiger partial charge is 0.396 e. The number of methoxy groups -OCH3 is 1. The first kappa shape index (κ1) is 45.9. The molecule has 11 atom stereocenters. The van der Waals surface area contributed by atoms with Gasteiger partial charge in [0.05, 0.1) is 24.3 Å². The van der Waals surface area contributed by atoms with Gasteiger partial charge in [0.15, 0.2) is 0 Å². The molecule has 3 rings (SSSR count). The van der Waals surface area contributed by atoms with E-state index in [9.17, 15) is 24.9 Å². The van der Waals surface area contributed by atoms with Gasteiger partial charge in [-0.3, -0.25) is 14.5 Å². The number of likely N-dealkylation sites (tertiary alicyclic amines) is 1. The van der Waals surface area contributed by atoms with Gasteiger partial charge in [0.25, 0.3) is 0 Å². The Balaban J connectivity index is 1.75. The van der Waals surface area contributed by atoms with E-state index < -0.39 is 36.2 Å². The lowest BCUT2D eigenvalue weighted by atomic mass is 9.83. The van der Waals surface area contributed by atoms with Gasteiger partial charge in [-0.1, -0.05) is 85.2 Å². The SMILES string of the molecule is CC[C@H](C)C(NC(=O)[C@@H](CC(O)C(C(C)C)N(C)C)C(C)C)[C@@H](CC(O)N1CCC[C@H]1[C@H](CO)[C@H](C)C(=O)N[C@@H](Cc1ccccc1)c1nccs1)OC. The fourth-order valence-electron chi connectivity index (χ4n) is 8.54. The zero-order chi connectivity index (χ0) is 40.1. The van der Waals surface area contributed by atoms with E-state index in [0.717, 1.165) is 29.8 Å². The highest BCUT2D eigenvalue weighted by Crippen LogP contribution is 2.33. The van der Waals surface area contributed by atoms with Gasteiger partial charge in [-0.25, -0.2) is 4.98 Å². The maximum atomic E-state index is 14.0. The fraction of sp³-hybridized carbons (Fsp3) is 0.738. The van der Waals surface area contributed by atoms with E-state index >= 15 is 0 Å². The lowest BCUT2D eigenvalue weighted by molar-refractivity contribution is -0.132. The summed E-state index contributed by atoms with van der Waals surface area (Å²) in [6, 6.07) is 9.04. The Bertz CT molecular complexity index is 1360. The van der Waals surface area contributed by atoms with Crippen LogP contribution in [0.2, 0.25) is 0 Å². The van der Waals surface area contributed by atoms with E-state index in [4.69, 9.17) is 4.74 Å². The number of carbonyl (C=O) groups is 2. The van der Waals surface area contributed by atoms with Gasteiger partial charge in [-0.05, 0) is 63.1 Å². The topological polar surface area (TPSA) is 147 Å². The Morgan fingerprint density at radius 3 is 2.24 bits per heavy atom. The molecule has 0 spiro atoms. The van der Waals surface area contributed by atoms with Crippen molar-refractivity contribution in [3.05, 3.63) is 52.5 Å². The lowest BCUT2D eigenvalue weighted by Gasteiger charge is -2.40. The van der Waals surface area contributed by atoms with Crippen LogP contribution in [0.5, 0.6) is 0 Å². The van der Waals surface area contributed by atoms with Crippen molar-refractivity contribution in [2.24, 2.45) is 35.5 Å². The summed E-state index contributed by atoms with van der Waals surface area (Å²) in [6.45, 7) is 14.6. The number of ether oxygens (including phenoxy) is 1. The Hall–Kier alpha value is -2.45. The summed E-state index contributed by atoms with van der Waals surface area (Å²) in [5, 5.41) is 43.1. The monoisotopic (exact) mass is 774 g/mol. The predicted octanol–water partition coefficient (Wildman–Crippen LogP) is 5.12. The summed E-state index contributed by atoms with van der Waals surface area (Å²) >= 11 is 1.51. The van der Waals surface area contributed by atoms with Crippen molar-refractivity contribution in [1.82, 2.24) is 25.4 Å². The Morgan fingerprint density at radius 1 is 1.02 bits per heavy atom. The van der Waals surface area contributed by atoms with E-state index in [1.807, 2.05) is 80.4 Å². The summed E-state index contributed by atoms with van der Waals surface area (Å²) in [6.07, 6.45) is 3.23. The number of nitrogens with zero attached hydrogens (tertiary/aromatic N) is 3. The van der Waals surface area contributed by atoms with Gasteiger partial charge in [-0.2, -0.15) is 0 Å². The number of likely N-dealkylation sites (N-methyl/N-ethyl adjacent to an activating group) is 1. The van der Waals surface area contributed by atoms with Gasteiger partial charge >= 0.3 is 0 Å². The van der Waals surface area contributed by atoms with Crippen molar-refractivity contribution in [1.29, 1.82) is 0 Å². The predicted molar refractivity (Wildman–Crippen MR) is 217 cm³/mol. The average Bonchev–Trinajstić information content (AvgIpc) is 3.85. The normalized spacial score (nSPS) is 20.9. The number of hydrogen-bond donors (Lipinski definition) is 5. The highest BCUT2D eigenvalue weighted by molar-refractivity contribution is 7.09. The Labute approximate surface area is 329 Å². The fourth-order valence-corrected chi connectivity index (χ4v) is 9.23. The highest BCUT2D eigenvalue weighted by atomic mass is 32.1. The van der Waals surface area contributed by atoms with Gasteiger partial charge in [0, 0.05) is 68.1 Å². The van der Waals surface area contributed by atoms with E-state index in [2.05, 4.69) is 43.3 Å². The van der Waals surface area contributed by atoms with E-state index in [1.54, 1.807) is 13.3 Å². The zero-order valence-electron chi connectivity index (χ0n) is 34.5. The molecule has 5 N–H and O–H groups in total. The van der Waals surface area contributed by atoms with Gasteiger partial charge in [0.1, 0.15) is 11.2 Å². The van der Waals surface area contributed by atoms with Crippen molar-refractivity contribution in [2.45, 2.75) is 130 Å². The molecule has 0 radical (unpaired) electrons. The van der Waals surface area contributed by atoms with Gasteiger partial charge in [0.2, 0.25) is 11.8 Å². The molecule has 1 aliphatic rings. The van der Waals surface area contributed by atoms with Crippen molar-refractivity contribution < 1.29 is 29.6 Å². The number of aliphatic hydroxyl groups is 3. The molecule has 1 aromatic carbocycles. The van der Waals surface area contributed by atoms with Crippen LogP contribution in [-0.4, -0.2) is 113 Å². The summed E-state index contributed by atoms with van der Waals surface area (Å²) in [5.41, 5.74) is 1.09. The average molecular weight is 774 g/mol. The quantitative estimate of drug-likeness (QED) is 0.104. The number of benzene rings is 1. The molecule has 2 heterocycles. The first-order chi connectivity index (χ1) is 25.6. The first-order valence-electron chi connectivity index (χ1n) is 20.1. The first-order valence-corrected chi connectivity index (χ1v) is 21.0. The molecule has 306 valence electrons. The van der Waals surface area contributed by atoms with Crippen LogP contribution in [0.1, 0.15) is 97.2 Å². The van der Waals surface area contributed by atoms with Crippen LogP contribution in [0.4, 0.5) is 0 Å². The minimum absolute atomic E-state index is 0.00828. The van der Waals surface area contributed by atoms with E-state index in [1.165, 1.54) is 11.3 Å². The number of amides is 2. The molecule has 0 bridgehead atoms. The van der Waals surface area contributed by atoms with Crippen molar-refractivity contribution in [2.75, 3.05) is 34.4 Å². The van der Waals surface area contributed by atoms with Crippen LogP contribution in [0.3, 0.4) is 0 Å². The summed E-state index contributed by atoms with van der Waals surface area (Å²) in [5.74, 6) is -1.33. The molecule has 12 heteroatoms. The van der Waals surface area contributed by atoms with Crippen LogP contribution in [0, 0.1) is 35.5 Å². The van der Waals surface area contributed by atoms with Crippen LogP contribution < -0.4 is 10.6 Å². The number of aliphatic hydroxyl groups excluding tert-OH is 3. The van der Waals surface area contributed by atoms with E-state index in [0.29, 0.717) is 19.4 Å².